The first kappa shape index (κ1) is 23.4. The number of benzene rings is 1. The number of hydrogen-bond acceptors (Lipinski definition) is 3. The number of amides is 2. The Balaban J connectivity index is 0.00000364. The molecule has 0 saturated carbocycles. The summed E-state index contributed by atoms with van der Waals surface area (Å²) in [4.78, 5) is 26.4. The summed E-state index contributed by atoms with van der Waals surface area (Å²) >= 11 is 0. The number of anilines is 1. The molecule has 1 saturated heterocycles. The molecule has 1 heterocycles. The largest absolute Gasteiger partial charge is 0.336 e. The van der Waals surface area contributed by atoms with E-state index in [4.69, 9.17) is 0 Å². The van der Waals surface area contributed by atoms with Crippen LogP contribution in [0.5, 0.6) is 0 Å². The molecule has 1 aromatic carbocycles. The summed E-state index contributed by atoms with van der Waals surface area (Å²) in [5.74, 6) is 0.853. The number of likely N-dealkylation sites (N-methyl/N-ethyl adjacent to an activating group) is 1. The average molecular weight is 396 g/mol. The molecule has 1 fully saturated rings. The molecule has 0 radical (unpaired) electrons. The van der Waals surface area contributed by atoms with Crippen molar-refractivity contribution in [3.05, 3.63) is 28.8 Å². The number of halogens is 1. The zero-order valence-electron chi connectivity index (χ0n) is 17.2. The number of nitrogens with zero attached hydrogens (tertiary/aromatic N) is 1. The Labute approximate surface area is 169 Å². The van der Waals surface area contributed by atoms with E-state index in [1.54, 1.807) is 11.9 Å². The maximum Gasteiger partial charge on any atom is 0.243 e. The van der Waals surface area contributed by atoms with E-state index in [0.717, 1.165) is 42.7 Å². The van der Waals surface area contributed by atoms with Crippen LogP contribution in [0.4, 0.5) is 5.69 Å². The Bertz CT molecular complexity index is 634. The fourth-order valence-corrected chi connectivity index (χ4v) is 3.87. The number of rotatable bonds is 6. The van der Waals surface area contributed by atoms with Crippen LogP contribution in [0.3, 0.4) is 0 Å². The molecular weight excluding hydrogens is 362 g/mol. The molecule has 0 aromatic heterocycles. The highest BCUT2D eigenvalue weighted by atomic mass is 35.5. The summed E-state index contributed by atoms with van der Waals surface area (Å²) in [6, 6.07) is 4.11. The van der Waals surface area contributed by atoms with Gasteiger partial charge in [0.1, 0.15) is 0 Å². The maximum atomic E-state index is 12.5. The van der Waals surface area contributed by atoms with E-state index >= 15 is 0 Å². The number of nitrogens with one attached hydrogen (secondary N) is 2. The molecule has 2 N–H and O–H groups in total. The summed E-state index contributed by atoms with van der Waals surface area (Å²) in [5, 5.41) is 6.33. The fourth-order valence-electron chi connectivity index (χ4n) is 3.87. The normalized spacial score (nSPS) is 15.6. The van der Waals surface area contributed by atoms with Crippen LogP contribution in [-0.2, 0) is 9.59 Å². The van der Waals surface area contributed by atoms with Crippen molar-refractivity contribution in [2.45, 2.75) is 47.0 Å². The van der Waals surface area contributed by atoms with Crippen molar-refractivity contribution in [1.29, 1.82) is 0 Å². The lowest BCUT2D eigenvalue weighted by molar-refractivity contribution is -0.134. The van der Waals surface area contributed by atoms with Crippen LogP contribution >= 0.6 is 12.4 Å². The first-order valence-electron chi connectivity index (χ1n) is 9.60. The molecule has 1 aliphatic rings. The Morgan fingerprint density at radius 3 is 2.30 bits per heavy atom. The summed E-state index contributed by atoms with van der Waals surface area (Å²) in [5.41, 5.74) is 4.12. The van der Waals surface area contributed by atoms with Crippen LogP contribution in [0.1, 0.15) is 42.9 Å². The molecule has 2 rings (SSSR count). The van der Waals surface area contributed by atoms with E-state index in [9.17, 15) is 9.59 Å². The van der Waals surface area contributed by atoms with Crippen LogP contribution in [-0.4, -0.2) is 43.4 Å². The summed E-state index contributed by atoms with van der Waals surface area (Å²) < 4.78 is 0. The van der Waals surface area contributed by atoms with E-state index in [2.05, 4.69) is 29.7 Å². The Morgan fingerprint density at radius 1 is 1.19 bits per heavy atom. The molecule has 0 aliphatic carbocycles. The van der Waals surface area contributed by atoms with Gasteiger partial charge < -0.3 is 15.5 Å². The fraction of sp³-hybridized carbons (Fsp3) is 0.619. The van der Waals surface area contributed by atoms with Crippen molar-refractivity contribution in [1.82, 2.24) is 10.2 Å². The molecule has 0 spiro atoms. The van der Waals surface area contributed by atoms with Crippen molar-refractivity contribution in [2.75, 3.05) is 32.0 Å². The minimum atomic E-state index is -0.148. The van der Waals surface area contributed by atoms with Crippen molar-refractivity contribution in [2.24, 2.45) is 11.8 Å². The van der Waals surface area contributed by atoms with Gasteiger partial charge in [0.25, 0.3) is 0 Å². The predicted molar refractivity (Wildman–Crippen MR) is 114 cm³/mol. The molecule has 2 amide bonds. The van der Waals surface area contributed by atoms with Gasteiger partial charge in [0, 0.05) is 19.2 Å². The zero-order valence-corrected chi connectivity index (χ0v) is 18.0. The van der Waals surface area contributed by atoms with Gasteiger partial charge in [0.15, 0.2) is 0 Å². The number of carbonyl (C=O) groups is 2. The minimum absolute atomic E-state index is 0. The molecule has 5 nitrogen and oxygen atoms in total. The van der Waals surface area contributed by atoms with Crippen LogP contribution in [0.2, 0.25) is 0 Å². The number of carbonyl (C=O) groups excluding carboxylic acids is 2. The average Bonchev–Trinajstić information content (AvgIpc) is 2.58. The quantitative estimate of drug-likeness (QED) is 0.775. The van der Waals surface area contributed by atoms with Crippen molar-refractivity contribution >= 4 is 29.9 Å². The number of hydrogen-bond donors (Lipinski definition) is 2. The standard InChI is InChI=1S/C21H33N3O2.ClH/c1-14-10-16(3)21(17(4)11-14)23-19(25)13-24(5)20(26)12-15(2)18-6-8-22-9-7-18;/h10-11,15,18,22H,6-9,12-13H2,1-5H3,(H,23,25);1H. The lowest BCUT2D eigenvalue weighted by Gasteiger charge is -2.29. The smallest absolute Gasteiger partial charge is 0.243 e. The molecule has 152 valence electrons. The van der Waals surface area contributed by atoms with Gasteiger partial charge in [-0.2, -0.15) is 0 Å². The summed E-state index contributed by atoms with van der Waals surface area (Å²) in [6.45, 7) is 10.3. The van der Waals surface area contributed by atoms with Crippen LogP contribution in [0.25, 0.3) is 0 Å². The van der Waals surface area contributed by atoms with Gasteiger partial charge in [-0.1, -0.05) is 24.6 Å². The lowest BCUT2D eigenvalue weighted by atomic mass is 9.84. The van der Waals surface area contributed by atoms with Gasteiger partial charge in [-0.15, -0.1) is 12.4 Å². The third-order valence-electron chi connectivity index (χ3n) is 5.43. The lowest BCUT2D eigenvalue weighted by Crippen LogP contribution is -2.37. The molecule has 1 unspecified atom stereocenters. The first-order valence-corrected chi connectivity index (χ1v) is 9.60. The van der Waals surface area contributed by atoms with Crippen molar-refractivity contribution < 1.29 is 9.59 Å². The van der Waals surface area contributed by atoms with E-state index < -0.39 is 0 Å². The van der Waals surface area contributed by atoms with E-state index in [1.807, 2.05) is 20.8 Å². The Hall–Kier alpha value is -1.59. The van der Waals surface area contributed by atoms with E-state index in [1.165, 1.54) is 5.56 Å². The Morgan fingerprint density at radius 2 is 1.74 bits per heavy atom. The molecule has 27 heavy (non-hydrogen) atoms. The number of piperidine rings is 1. The minimum Gasteiger partial charge on any atom is -0.336 e. The Kier molecular flexibility index (Phi) is 9.27. The van der Waals surface area contributed by atoms with Gasteiger partial charge in [-0.3, -0.25) is 9.59 Å². The second-order valence-electron chi connectivity index (χ2n) is 7.84. The molecule has 1 aliphatic heterocycles. The van der Waals surface area contributed by atoms with E-state index in [-0.39, 0.29) is 30.8 Å². The molecular formula is C21H34ClN3O2. The zero-order chi connectivity index (χ0) is 19.3. The molecule has 1 aromatic rings. The highest BCUT2D eigenvalue weighted by molar-refractivity contribution is 5.95. The topological polar surface area (TPSA) is 61.4 Å². The number of aryl methyl sites for hydroxylation is 3. The molecule has 1 atom stereocenters. The van der Waals surface area contributed by atoms with Crippen LogP contribution in [0, 0.1) is 32.6 Å². The van der Waals surface area contributed by atoms with Gasteiger partial charge in [-0.25, -0.2) is 0 Å². The second-order valence-corrected chi connectivity index (χ2v) is 7.84. The second kappa shape index (κ2) is 10.7. The monoisotopic (exact) mass is 395 g/mol. The summed E-state index contributed by atoms with van der Waals surface area (Å²) in [6.07, 6.45) is 2.77. The first-order chi connectivity index (χ1) is 12.3. The molecule has 0 bridgehead atoms. The van der Waals surface area contributed by atoms with Crippen molar-refractivity contribution in [3.8, 4) is 0 Å². The third kappa shape index (κ3) is 6.82. The van der Waals surface area contributed by atoms with Crippen LogP contribution in [0.15, 0.2) is 12.1 Å². The van der Waals surface area contributed by atoms with Crippen LogP contribution < -0.4 is 10.6 Å². The van der Waals surface area contributed by atoms with E-state index in [0.29, 0.717) is 18.3 Å². The highest BCUT2D eigenvalue weighted by Crippen LogP contribution is 2.25. The van der Waals surface area contributed by atoms with Crippen molar-refractivity contribution in [3.63, 3.8) is 0 Å². The van der Waals surface area contributed by atoms with Gasteiger partial charge in [-0.05, 0) is 69.7 Å². The third-order valence-corrected chi connectivity index (χ3v) is 5.43. The highest BCUT2D eigenvalue weighted by Gasteiger charge is 2.24. The molecule has 6 heteroatoms. The van der Waals surface area contributed by atoms with Gasteiger partial charge >= 0.3 is 0 Å². The summed E-state index contributed by atoms with van der Waals surface area (Å²) in [7, 11) is 1.71. The SMILES string of the molecule is Cc1cc(C)c(NC(=O)CN(C)C(=O)CC(C)C2CCNCC2)c(C)c1.Cl. The predicted octanol–water partition coefficient (Wildman–Crippen LogP) is 3.46. The van der Waals surface area contributed by atoms with Gasteiger partial charge in [0.05, 0.1) is 6.54 Å². The van der Waals surface area contributed by atoms with Gasteiger partial charge in [0.2, 0.25) is 11.8 Å². The maximum absolute atomic E-state index is 12.5.